The van der Waals surface area contributed by atoms with E-state index in [0.717, 1.165) is 11.1 Å². The number of hydrogen-bond acceptors (Lipinski definition) is 5. The van der Waals surface area contributed by atoms with Crippen molar-refractivity contribution in [1.29, 1.82) is 0 Å². The zero-order valence-electron chi connectivity index (χ0n) is 18.8. The molecule has 1 aromatic heterocycles. The van der Waals surface area contributed by atoms with Crippen LogP contribution in [0, 0.1) is 0 Å². The van der Waals surface area contributed by atoms with Crippen molar-refractivity contribution in [3.63, 3.8) is 0 Å². The molecule has 0 saturated carbocycles. The summed E-state index contributed by atoms with van der Waals surface area (Å²) >= 11 is 13.9. The first-order chi connectivity index (χ1) is 17.6. The number of hydrogen-bond donors (Lipinski definition) is 0. The van der Waals surface area contributed by atoms with Crippen molar-refractivity contribution in [3.8, 4) is 5.75 Å². The summed E-state index contributed by atoms with van der Waals surface area (Å²) in [6.45, 7) is 0.310. The maximum atomic E-state index is 13.6. The van der Waals surface area contributed by atoms with E-state index in [9.17, 15) is 4.79 Å². The number of benzene rings is 3. The Balaban J connectivity index is 1.49. The highest BCUT2D eigenvalue weighted by Crippen LogP contribution is 2.39. The molecule has 0 unspecified atom stereocenters. The minimum absolute atomic E-state index is 0.184. The highest BCUT2D eigenvalue weighted by atomic mass is 35.5. The lowest BCUT2D eigenvalue weighted by Gasteiger charge is -2.15. The third-order valence-corrected chi connectivity index (χ3v) is 6.96. The molecule has 1 fully saturated rings. The molecule has 36 heavy (non-hydrogen) atoms. The summed E-state index contributed by atoms with van der Waals surface area (Å²) < 4.78 is 6.08. The largest absolute Gasteiger partial charge is 0.488 e. The van der Waals surface area contributed by atoms with Crippen LogP contribution in [0.25, 0.3) is 6.08 Å². The van der Waals surface area contributed by atoms with Crippen LogP contribution in [0.15, 0.2) is 107 Å². The number of carbonyl (C=O) groups is 1. The summed E-state index contributed by atoms with van der Waals surface area (Å²) in [4.78, 5) is 24.4. The summed E-state index contributed by atoms with van der Waals surface area (Å²) in [6.07, 6.45) is 4.96. The number of ether oxygens (including phenoxy) is 1. The molecule has 1 aliphatic rings. The smallest absolute Gasteiger partial charge is 0.271 e. The predicted molar refractivity (Wildman–Crippen MR) is 148 cm³/mol. The minimum Gasteiger partial charge on any atom is -0.488 e. The summed E-state index contributed by atoms with van der Waals surface area (Å²) in [7, 11) is 0. The molecule has 1 saturated heterocycles. The zero-order chi connectivity index (χ0) is 24.9. The fourth-order valence-electron chi connectivity index (χ4n) is 3.56. The van der Waals surface area contributed by atoms with Crippen molar-refractivity contribution < 1.29 is 9.53 Å². The van der Waals surface area contributed by atoms with Gasteiger partial charge in [-0.2, -0.15) is 0 Å². The molecule has 0 aliphatic carbocycles. The average Bonchev–Trinajstić information content (AvgIpc) is 3.20. The van der Waals surface area contributed by atoms with Crippen molar-refractivity contribution >= 4 is 63.5 Å². The SMILES string of the molecule is O=C1/C(=C/c2ccccc2OCc2ccccc2Cl)SC(=Nc2ccncc2Cl)N1c1ccccc1. The number of anilines is 1. The second kappa shape index (κ2) is 11.0. The number of amidine groups is 1. The normalized spacial score (nSPS) is 15.6. The van der Waals surface area contributed by atoms with Crippen LogP contribution in [0.4, 0.5) is 11.4 Å². The van der Waals surface area contributed by atoms with Crippen LogP contribution in [0.2, 0.25) is 10.0 Å². The fourth-order valence-corrected chi connectivity index (χ4v) is 4.90. The summed E-state index contributed by atoms with van der Waals surface area (Å²) in [6, 6.07) is 26.2. The van der Waals surface area contributed by atoms with Gasteiger partial charge in [-0.05, 0) is 48.2 Å². The third-order valence-electron chi connectivity index (χ3n) is 5.33. The number of para-hydroxylation sites is 2. The fraction of sp³-hybridized carbons (Fsp3) is 0.0357. The number of pyridine rings is 1. The van der Waals surface area contributed by atoms with Gasteiger partial charge in [-0.3, -0.25) is 14.7 Å². The molecule has 2 heterocycles. The quantitative estimate of drug-likeness (QED) is 0.238. The monoisotopic (exact) mass is 531 g/mol. The van der Waals surface area contributed by atoms with Crippen molar-refractivity contribution in [2.45, 2.75) is 6.61 Å². The van der Waals surface area contributed by atoms with Gasteiger partial charge in [-0.25, -0.2) is 4.99 Å². The highest BCUT2D eigenvalue weighted by molar-refractivity contribution is 8.19. The van der Waals surface area contributed by atoms with E-state index in [-0.39, 0.29) is 5.91 Å². The van der Waals surface area contributed by atoms with E-state index < -0.39 is 0 Å². The standard InChI is InChI=1S/C28H19Cl2N3O2S/c29-22-12-6-4-9-20(22)18-35-25-13-7-5-8-19(25)16-26-27(34)33(21-10-2-1-3-11-21)28(36-26)32-24-14-15-31-17-23(24)30/h1-17H,18H2/b26-16-,32-28?. The number of aliphatic imine (C=N–C) groups is 1. The van der Waals surface area contributed by atoms with Crippen LogP contribution in [-0.4, -0.2) is 16.1 Å². The molecule has 5 nitrogen and oxygen atoms in total. The van der Waals surface area contributed by atoms with Crippen molar-refractivity contribution in [3.05, 3.63) is 123 Å². The number of thioether (sulfide) groups is 1. The van der Waals surface area contributed by atoms with E-state index >= 15 is 0 Å². The molecule has 8 heteroatoms. The van der Waals surface area contributed by atoms with Gasteiger partial charge in [-0.15, -0.1) is 0 Å². The Hall–Kier alpha value is -3.58. The first-order valence-corrected chi connectivity index (χ1v) is 12.6. The number of carbonyl (C=O) groups excluding carboxylic acids is 1. The van der Waals surface area contributed by atoms with Crippen LogP contribution in [0.3, 0.4) is 0 Å². The Labute approximate surface area is 223 Å². The molecule has 0 spiro atoms. The van der Waals surface area contributed by atoms with Gasteiger partial charge in [0.2, 0.25) is 0 Å². The summed E-state index contributed by atoms with van der Waals surface area (Å²) in [5.41, 5.74) is 2.90. The zero-order valence-corrected chi connectivity index (χ0v) is 21.2. The van der Waals surface area contributed by atoms with Crippen LogP contribution >= 0.6 is 35.0 Å². The van der Waals surface area contributed by atoms with Crippen molar-refractivity contribution in [1.82, 2.24) is 4.98 Å². The molecule has 0 bridgehead atoms. The third kappa shape index (κ3) is 5.31. The Morgan fingerprint density at radius 3 is 2.47 bits per heavy atom. The van der Waals surface area contributed by atoms with Gasteiger partial charge in [0, 0.05) is 28.5 Å². The van der Waals surface area contributed by atoms with Gasteiger partial charge in [0.05, 0.1) is 21.3 Å². The molecule has 1 amide bonds. The summed E-state index contributed by atoms with van der Waals surface area (Å²) in [5.74, 6) is 0.461. The Bertz CT molecular complexity index is 1470. The topological polar surface area (TPSA) is 54.8 Å². The van der Waals surface area contributed by atoms with Crippen LogP contribution in [-0.2, 0) is 11.4 Å². The van der Waals surface area contributed by atoms with Gasteiger partial charge >= 0.3 is 0 Å². The van der Waals surface area contributed by atoms with Gasteiger partial charge in [0.1, 0.15) is 12.4 Å². The van der Waals surface area contributed by atoms with E-state index in [2.05, 4.69) is 4.98 Å². The predicted octanol–water partition coefficient (Wildman–Crippen LogP) is 7.78. The molecule has 5 rings (SSSR count). The van der Waals surface area contributed by atoms with E-state index in [1.54, 1.807) is 17.2 Å². The molecule has 3 aromatic carbocycles. The minimum atomic E-state index is -0.184. The number of halogens is 2. The Morgan fingerprint density at radius 1 is 0.917 bits per heavy atom. The van der Waals surface area contributed by atoms with E-state index in [1.807, 2.05) is 84.9 Å². The van der Waals surface area contributed by atoms with Crippen LogP contribution < -0.4 is 9.64 Å². The van der Waals surface area contributed by atoms with Gasteiger partial charge < -0.3 is 4.74 Å². The van der Waals surface area contributed by atoms with Gasteiger partial charge in [0.25, 0.3) is 5.91 Å². The first kappa shape index (κ1) is 24.1. The molecule has 4 aromatic rings. The lowest BCUT2D eigenvalue weighted by atomic mass is 10.1. The average molecular weight is 532 g/mol. The maximum Gasteiger partial charge on any atom is 0.271 e. The second-order valence-electron chi connectivity index (χ2n) is 7.73. The highest BCUT2D eigenvalue weighted by Gasteiger charge is 2.35. The lowest BCUT2D eigenvalue weighted by molar-refractivity contribution is -0.113. The van der Waals surface area contributed by atoms with Crippen LogP contribution in [0.5, 0.6) is 5.75 Å². The number of rotatable bonds is 6. The number of aromatic nitrogens is 1. The van der Waals surface area contributed by atoms with E-state index in [0.29, 0.717) is 43.8 Å². The molecule has 0 N–H and O–H groups in total. The van der Waals surface area contributed by atoms with E-state index in [4.69, 9.17) is 32.9 Å². The number of nitrogens with zero attached hydrogens (tertiary/aromatic N) is 3. The van der Waals surface area contributed by atoms with E-state index in [1.165, 1.54) is 18.0 Å². The molecule has 1 aliphatic heterocycles. The molecular weight excluding hydrogens is 513 g/mol. The molecule has 178 valence electrons. The molecular formula is C28H19Cl2N3O2S. The van der Waals surface area contributed by atoms with Crippen molar-refractivity contribution in [2.75, 3.05) is 4.90 Å². The Morgan fingerprint density at radius 2 is 1.67 bits per heavy atom. The van der Waals surface area contributed by atoms with Crippen molar-refractivity contribution in [2.24, 2.45) is 4.99 Å². The number of amides is 1. The van der Waals surface area contributed by atoms with Gasteiger partial charge in [0.15, 0.2) is 5.17 Å². The molecule has 0 radical (unpaired) electrons. The van der Waals surface area contributed by atoms with Crippen LogP contribution in [0.1, 0.15) is 11.1 Å². The first-order valence-electron chi connectivity index (χ1n) is 11.0. The summed E-state index contributed by atoms with van der Waals surface area (Å²) in [5, 5.41) is 1.55. The van der Waals surface area contributed by atoms with Gasteiger partial charge in [-0.1, -0.05) is 77.8 Å². The maximum absolute atomic E-state index is 13.6. The second-order valence-corrected chi connectivity index (χ2v) is 9.55. The lowest BCUT2D eigenvalue weighted by Crippen LogP contribution is -2.28. The molecule has 0 atom stereocenters. The Kier molecular flexibility index (Phi) is 7.37.